The molecule has 1 aromatic rings. The van der Waals surface area contributed by atoms with Crippen molar-refractivity contribution in [2.24, 2.45) is 0 Å². The minimum absolute atomic E-state index is 0.546. The number of halogens is 2. The van der Waals surface area contributed by atoms with E-state index < -0.39 is 0 Å². The summed E-state index contributed by atoms with van der Waals surface area (Å²) < 4.78 is 0. The molecule has 0 heterocycles. The molecular weight excluding hydrogens is 233 g/mol. The van der Waals surface area contributed by atoms with Crippen LogP contribution in [0.4, 0.5) is 5.69 Å². The average molecular weight is 246 g/mol. The van der Waals surface area contributed by atoms with Crippen molar-refractivity contribution in [2.75, 3.05) is 17.3 Å². The third-order valence-corrected chi connectivity index (χ3v) is 2.82. The number of rotatable bonds is 5. The zero-order chi connectivity index (χ0) is 11.3. The van der Waals surface area contributed by atoms with Gasteiger partial charge in [0.25, 0.3) is 0 Å². The molecule has 82 valence electrons. The molecule has 0 fully saturated rings. The molecule has 0 saturated carbocycles. The smallest absolute Gasteiger partial charge is 0.214 e. The molecule has 0 aromatic heterocycles. The quantitative estimate of drug-likeness (QED) is 0.577. The van der Waals surface area contributed by atoms with Gasteiger partial charge in [-0.1, -0.05) is 17.7 Å². The van der Waals surface area contributed by atoms with Crippen LogP contribution in [-0.2, 0) is 4.79 Å². The Morgan fingerprint density at radius 2 is 2.20 bits per heavy atom. The van der Waals surface area contributed by atoms with Crippen LogP contribution in [0.2, 0.25) is 5.02 Å². The maximum Gasteiger partial charge on any atom is 0.214 e. The van der Waals surface area contributed by atoms with Gasteiger partial charge in [-0.25, -0.2) is 0 Å². The average Bonchev–Trinajstić information content (AvgIpc) is 2.24. The van der Waals surface area contributed by atoms with Crippen molar-refractivity contribution in [3.05, 3.63) is 28.8 Å². The number of alkyl halides is 1. The molecule has 1 rings (SSSR count). The monoisotopic (exact) mass is 245 g/mol. The number of anilines is 1. The summed E-state index contributed by atoms with van der Waals surface area (Å²) in [6, 6.07) is 5.57. The lowest BCUT2D eigenvalue weighted by Crippen LogP contribution is -2.22. The topological polar surface area (TPSA) is 20.3 Å². The second-order valence-electron chi connectivity index (χ2n) is 3.27. The molecule has 4 heteroatoms. The minimum Gasteiger partial charge on any atom is -0.315 e. The van der Waals surface area contributed by atoms with Gasteiger partial charge in [0, 0.05) is 23.1 Å². The highest BCUT2D eigenvalue weighted by molar-refractivity contribution is 6.31. The third kappa shape index (κ3) is 3.40. The third-order valence-electron chi connectivity index (χ3n) is 2.15. The van der Waals surface area contributed by atoms with E-state index in [-0.39, 0.29) is 0 Å². The lowest BCUT2D eigenvalue weighted by Gasteiger charge is -2.17. The Balaban J connectivity index is 2.82. The predicted octanol–water partition coefficient (Wildman–Crippen LogP) is 3.24. The molecular formula is C11H13Cl2NO. The highest BCUT2D eigenvalue weighted by atomic mass is 35.5. The highest BCUT2D eigenvalue weighted by Crippen LogP contribution is 2.22. The molecule has 0 aliphatic carbocycles. The van der Waals surface area contributed by atoms with E-state index in [0.29, 0.717) is 17.4 Å². The van der Waals surface area contributed by atoms with Gasteiger partial charge in [0.05, 0.1) is 0 Å². The molecule has 0 N–H and O–H groups in total. The van der Waals surface area contributed by atoms with Crippen molar-refractivity contribution in [1.29, 1.82) is 0 Å². The van der Waals surface area contributed by atoms with E-state index in [0.717, 1.165) is 24.1 Å². The Hall–Kier alpha value is -0.730. The Labute approximate surface area is 99.8 Å². The maximum absolute atomic E-state index is 10.8. The normalized spacial score (nSPS) is 10.1. The first-order valence-corrected chi connectivity index (χ1v) is 5.64. The van der Waals surface area contributed by atoms with E-state index in [1.807, 2.05) is 19.1 Å². The maximum atomic E-state index is 10.8. The lowest BCUT2D eigenvalue weighted by molar-refractivity contribution is -0.107. The molecule has 0 radical (unpaired) electrons. The Kier molecular flexibility index (Phi) is 4.92. The Bertz CT molecular complexity index is 341. The standard InChI is InChI=1S/C11H13Cl2NO/c1-9-3-4-10(7-11(9)13)14(8-15)6-2-5-12/h3-4,7-8H,2,5-6H2,1H3. The molecule has 2 nitrogen and oxygen atoms in total. The van der Waals surface area contributed by atoms with Crippen molar-refractivity contribution in [1.82, 2.24) is 0 Å². The van der Waals surface area contributed by atoms with E-state index in [1.165, 1.54) is 0 Å². The number of hydrogen-bond donors (Lipinski definition) is 0. The fourth-order valence-electron chi connectivity index (χ4n) is 1.23. The van der Waals surface area contributed by atoms with Crippen molar-refractivity contribution in [3.8, 4) is 0 Å². The first-order valence-electron chi connectivity index (χ1n) is 4.73. The highest BCUT2D eigenvalue weighted by Gasteiger charge is 2.05. The van der Waals surface area contributed by atoms with Gasteiger partial charge < -0.3 is 4.90 Å². The van der Waals surface area contributed by atoms with Crippen molar-refractivity contribution >= 4 is 35.3 Å². The largest absolute Gasteiger partial charge is 0.315 e. The van der Waals surface area contributed by atoms with Gasteiger partial charge in [-0.2, -0.15) is 0 Å². The number of aryl methyl sites for hydroxylation is 1. The predicted molar refractivity (Wildman–Crippen MR) is 64.9 cm³/mol. The molecule has 0 spiro atoms. The zero-order valence-corrected chi connectivity index (χ0v) is 10.1. The number of carbonyl (C=O) groups excluding carboxylic acids is 1. The summed E-state index contributed by atoms with van der Waals surface area (Å²) in [5, 5.41) is 0.672. The number of benzene rings is 1. The van der Waals surface area contributed by atoms with E-state index in [1.54, 1.807) is 11.0 Å². The zero-order valence-electron chi connectivity index (χ0n) is 8.54. The fourth-order valence-corrected chi connectivity index (χ4v) is 1.53. The molecule has 0 saturated heterocycles. The van der Waals surface area contributed by atoms with E-state index in [2.05, 4.69) is 0 Å². The first kappa shape index (κ1) is 12.3. The van der Waals surface area contributed by atoms with Gasteiger partial charge in [0.1, 0.15) is 0 Å². The van der Waals surface area contributed by atoms with Crippen LogP contribution in [0.25, 0.3) is 0 Å². The molecule has 0 aliphatic rings. The molecule has 0 aliphatic heterocycles. The molecule has 0 unspecified atom stereocenters. The molecule has 15 heavy (non-hydrogen) atoms. The van der Waals surface area contributed by atoms with Crippen LogP contribution in [0.3, 0.4) is 0 Å². The summed E-state index contributed by atoms with van der Waals surface area (Å²) in [7, 11) is 0. The summed E-state index contributed by atoms with van der Waals surface area (Å²) >= 11 is 11.6. The molecule has 1 aromatic carbocycles. The Morgan fingerprint density at radius 3 is 2.73 bits per heavy atom. The van der Waals surface area contributed by atoms with E-state index in [9.17, 15) is 4.79 Å². The van der Waals surface area contributed by atoms with Gasteiger partial charge in [-0.15, -0.1) is 11.6 Å². The van der Waals surface area contributed by atoms with Crippen LogP contribution < -0.4 is 4.90 Å². The van der Waals surface area contributed by atoms with Crippen molar-refractivity contribution < 1.29 is 4.79 Å². The molecule has 0 bridgehead atoms. The number of amides is 1. The summed E-state index contributed by atoms with van der Waals surface area (Å²) in [4.78, 5) is 12.5. The summed E-state index contributed by atoms with van der Waals surface area (Å²) in [5.41, 5.74) is 1.81. The summed E-state index contributed by atoms with van der Waals surface area (Å²) in [5.74, 6) is 0.546. The van der Waals surface area contributed by atoms with Gasteiger partial charge >= 0.3 is 0 Å². The lowest BCUT2D eigenvalue weighted by atomic mass is 10.2. The van der Waals surface area contributed by atoms with Crippen LogP contribution >= 0.6 is 23.2 Å². The van der Waals surface area contributed by atoms with Crippen molar-refractivity contribution in [3.63, 3.8) is 0 Å². The summed E-state index contributed by atoms with van der Waals surface area (Å²) in [6.07, 6.45) is 1.57. The number of hydrogen-bond acceptors (Lipinski definition) is 1. The van der Waals surface area contributed by atoms with E-state index in [4.69, 9.17) is 23.2 Å². The molecule has 1 amide bonds. The van der Waals surface area contributed by atoms with Gasteiger partial charge in [-0.05, 0) is 31.0 Å². The van der Waals surface area contributed by atoms with E-state index >= 15 is 0 Å². The summed E-state index contributed by atoms with van der Waals surface area (Å²) in [6.45, 7) is 2.54. The van der Waals surface area contributed by atoms with Crippen molar-refractivity contribution in [2.45, 2.75) is 13.3 Å². The van der Waals surface area contributed by atoms with Crippen LogP contribution in [0.1, 0.15) is 12.0 Å². The number of carbonyl (C=O) groups is 1. The van der Waals surface area contributed by atoms with Crippen LogP contribution in [0.15, 0.2) is 18.2 Å². The Morgan fingerprint density at radius 1 is 1.47 bits per heavy atom. The second-order valence-corrected chi connectivity index (χ2v) is 4.06. The number of nitrogens with zero attached hydrogens (tertiary/aromatic N) is 1. The van der Waals surface area contributed by atoms with Gasteiger partial charge in [0.2, 0.25) is 6.41 Å². The van der Waals surface area contributed by atoms with Gasteiger partial charge in [0.15, 0.2) is 0 Å². The van der Waals surface area contributed by atoms with Crippen LogP contribution in [0.5, 0.6) is 0 Å². The first-order chi connectivity index (χ1) is 7.19. The fraction of sp³-hybridized carbons (Fsp3) is 0.364. The van der Waals surface area contributed by atoms with Gasteiger partial charge in [-0.3, -0.25) is 4.79 Å². The van der Waals surface area contributed by atoms with Crippen LogP contribution in [0, 0.1) is 6.92 Å². The SMILES string of the molecule is Cc1ccc(N(C=O)CCCCl)cc1Cl. The minimum atomic E-state index is 0.546. The second kappa shape index (κ2) is 5.99. The molecule has 0 atom stereocenters. The van der Waals surface area contributed by atoms with Crippen LogP contribution in [-0.4, -0.2) is 18.8 Å².